The lowest BCUT2D eigenvalue weighted by Gasteiger charge is -2.29. The van der Waals surface area contributed by atoms with Gasteiger partial charge in [0.25, 0.3) is 0 Å². The predicted molar refractivity (Wildman–Crippen MR) is 111 cm³/mol. The Kier molecular flexibility index (Phi) is 6.28. The first-order valence-electron chi connectivity index (χ1n) is 10.3. The minimum Gasteiger partial charge on any atom is -0.548 e. The van der Waals surface area contributed by atoms with Crippen molar-refractivity contribution in [3.8, 4) is 0 Å². The molecule has 0 saturated carbocycles. The molecule has 3 amide bonds. The number of carbonyl (C=O) groups is 3. The Labute approximate surface area is 175 Å². The van der Waals surface area contributed by atoms with Crippen molar-refractivity contribution in [1.82, 2.24) is 20.2 Å². The number of aromatic nitrogens is 2. The van der Waals surface area contributed by atoms with Crippen LogP contribution in [0.4, 0.5) is 10.7 Å². The van der Waals surface area contributed by atoms with E-state index >= 15 is 0 Å². The van der Waals surface area contributed by atoms with Crippen LogP contribution >= 0.6 is 0 Å². The van der Waals surface area contributed by atoms with E-state index in [0.29, 0.717) is 25.5 Å². The van der Waals surface area contributed by atoms with Gasteiger partial charge in [0.2, 0.25) is 11.9 Å². The number of aliphatic carboxylic acids is 1. The summed E-state index contributed by atoms with van der Waals surface area (Å²) in [5.41, 5.74) is 1.75. The maximum atomic E-state index is 13.0. The number of benzene rings is 1. The number of hydrogen-bond acceptors (Lipinski definition) is 5. The molecule has 0 bridgehead atoms. The number of carboxylic acid groups (broad SMARTS) is 1. The summed E-state index contributed by atoms with van der Waals surface area (Å²) < 4.78 is 1.97. The molecule has 3 unspecified atom stereocenters. The standard InChI is InChI=1S/C21H29N5O4/c1-5-13(4)17(18(27)23-16(12(2)3)19(28)29)24-21(30)26-11-10-25-15-9-7-6-8-14(15)22-20(25)26/h6-9,12-13,16-17H,5,10-11H2,1-4H3,(H,23,27)(H,24,30)(H,28,29)/p-1. The van der Waals surface area contributed by atoms with Crippen LogP contribution in [0.1, 0.15) is 34.1 Å². The summed E-state index contributed by atoms with van der Waals surface area (Å²) in [6.07, 6.45) is 0.633. The number of para-hydroxylation sites is 2. The van der Waals surface area contributed by atoms with Crippen LogP contribution in [0.2, 0.25) is 0 Å². The SMILES string of the molecule is CCC(C)C(NC(=O)N1CCn2c1nc1ccccc12)C(=O)NC(C(=O)[O-])C(C)C. The predicted octanol–water partition coefficient (Wildman–Crippen LogP) is 0.871. The minimum atomic E-state index is -1.35. The van der Waals surface area contributed by atoms with Gasteiger partial charge in [0.1, 0.15) is 6.04 Å². The van der Waals surface area contributed by atoms with Crippen LogP contribution in [0.15, 0.2) is 24.3 Å². The molecule has 0 fully saturated rings. The van der Waals surface area contributed by atoms with E-state index < -0.39 is 30.0 Å². The summed E-state index contributed by atoms with van der Waals surface area (Å²) in [5.74, 6) is -1.88. The van der Waals surface area contributed by atoms with Gasteiger partial charge in [0.05, 0.1) is 23.0 Å². The van der Waals surface area contributed by atoms with Gasteiger partial charge in [-0.3, -0.25) is 9.69 Å². The summed E-state index contributed by atoms with van der Waals surface area (Å²) >= 11 is 0. The van der Waals surface area contributed by atoms with E-state index in [4.69, 9.17) is 0 Å². The third-order valence-electron chi connectivity index (χ3n) is 5.66. The van der Waals surface area contributed by atoms with E-state index in [1.165, 1.54) is 4.90 Å². The molecule has 1 aliphatic heterocycles. The van der Waals surface area contributed by atoms with Crippen molar-refractivity contribution in [3.63, 3.8) is 0 Å². The van der Waals surface area contributed by atoms with Gasteiger partial charge >= 0.3 is 6.03 Å². The summed E-state index contributed by atoms with van der Waals surface area (Å²) in [5, 5.41) is 16.7. The van der Waals surface area contributed by atoms with Crippen LogP contribution in [0, 0.1) is 11.8 Å². The van der Waals surface area contributed by atoms with Crippen molar-refractivity contribution in [2.75, 3.05) is 11.4 Å². The first kappa shape index (κ1) is 21.6. The molecule has 3 rings (SSSR count). The number of nitrogens with one attached hydrogen (secondary N) is 2. The first-order chi connectivity index (χ1) is 14.2. The smallest absolute Gasteiger partial charge is 0.324 e. The van der Waals surface area contributed by atoms with Gasteiger partial charge in [0, 0.05) is 13.1 Å². The van der Waals surface area contributed by atoms with Gasteiger partial charge in [-0.25, -0.2) is 9.78 Å². The van der Waals surface area contributed by atoms with Crippen molar-refractivity contribution < 1.29 is 19.5 Å². The fraction of sp³-hybridized carbons (Fsp3) is 0.524. The topological polar surface area (TPSA) is 119 Å². The fourth-order valence-electron chi connectivity index (χ4n) is 3.64. The molecule has 30 heavy (non-hydrogen) atoms. The lowest BCUT2D eigenvalue weighted by molar-refractivity contribution is -0.309. The van der Waals surface area contributed by atoms with E-state index in [0.717, 1.165) is 11.0 Å². The maximum Gasteiger partial charge on any atom is 0.324 e. The molecule has 0 radical (unpaired) electrons. The fourth-order valence-corrected chi connectivity index (χ4v) is 3.64. The zero-order chi connectivity index (χ0) is 22.0. The van der Waals surface area contributed by atoms with Crippen molar-refractivity contribution in [2.24, 2.45) is 11.8 Å². The number of rotatable bonds is 7. The molecule has 9 heteroatoms. The maximum absolute atomic E-state index is 13.0. The molecule has 0 aliphatic carbocycles. The van der Waals surface area contributed by atoms with Crippen LogP contribution in [-0.2, 0) is 16.1 Å². The molecule has 2 N–H and O–H groups in total. The highest BCUT2D eigenvalue weighted by Crippen LogP contribution is 2.27. The molecular weight excluding hydrogens is 386 g/mol. The Bertz CT molecular complexity index is 954. The van der Waals surface area contributed by atoms with E-state index in [1.807, 2.05) is 42.7 Å². The highest BCUT2D eigenvalue weighted by atomic mass is 16.4. The van der Waals surface area contributed by atoms with E-state index in [-0.39, 0.29) is 11.8 Å². The number of carbonyl (C=O) groups excluding carboxylic acids is 3. The van der Waals surface area contributed by atoms with Gasteiger partial charge in [-0.1, -0.05) is 46.2 Å². The number of urea groups is 1. The molecule has 1 aliphatic rings. The largest absolute Gasteiger partial charge is 0.548 e. The van der Waals surface area contributed by atoms with Crippen molar-refractivity contribution >= 4 is 34.9 Å². The summed E-state index contributed by atoms with van der Waals surface area (Å²) in [6, 6.07) is 5.22. The number of hydrogen-bond donors (Lipinski definition) is 2. The number of imidazole rings is 1. The van der Waals surface area contributed by atoms with Crippen LogP contribution in [0.3, 0.4) is 0 Å². The molecule has 3 atom stereocenters. The Balaban J connectivity index is 1.78. The van der Waals surface area contributed by atoms with E-state index in [1.54, 1.807) is 13.8 Å². The monoisotopic (exact) mass is 414 g/mol. The summed E-state index contributed by atoms with van der Waals surface area (Å²) in [7, 11) is 0. The zero-order valence-corrected chi connectivity index (χ0v) is 17.7. The second kappa shape index (κ2) is 8.73. The molecular formula is C21H28N5O4-. The molecule has 1 aromatic carbocycles. The second-order valence-corrected chi connectivity index (χ2v) is 8.07. The Hall–Kier alpha value is -3.10. The van der Waals surface area contributed by atoms with Gasteiger partial charge in [-0.2, -0.15) is 0 Å². The number of carboxylic acids is 1. The first-order valence-corrected chi connectivity index (χ1v) is 10.3. The third kappa shape index (κ3) is 4.10. The zero-order valence-electron chi connectivity index (χ0n) is 17.7. The molecule has 2 aromatic rings. The Morgan fingerprint density at radius 3 is 2.43 bits per heavy atom. The highest BCUT2D eigenvalue weighted by molar-refractivity contribution is 5.97. The van der Waals surface area contributed by atoms with E-state index in [9.17, 15) is 19.5 Å². The van der Waals surface area contributed by atoms with Crippen molar-refractivity contribution in [2.45, 2.75) is 52.7 Å². The third-order valence-corrected chi connectivity index (χ3v) is 5.66. The molecule has 2 heterocycles. The second-order valence-electron chi connectivity index (χ2n) is 8.07. The molecule has 0 saturated heterocycles. The number of nitrogens with zero attached hydrogens (tertiary/aromatic N) is 3. The van der Waals surface area contributed by atoms with Gasteiger partial charge in [-0.15, -0.1) is 0 Å². The van der Waals surface area contributed by atoms with E-state index in [2.05, 4.69) is 15.6 Å². The quantitative estimate of drug-likeness (QED) is 0.697. The van der Waals surface area contributed by atoms with Gasteiger partial charge in [-0.05, 0) is 24.0 Å². The highest BCUT2D eigenvalue weighted by Gasteiger charge is 2.33. The van der Waals surface area contributed by atoms with Crippen molar-refractivity contribution in [3.05, 3.63) is 24.3 Å². The average Bonchev–Trinajstić information content (AvgIpc) is 3.28. The van der Waals surface area contributed by atoms with Crippen molar-refractivity contribution in [1.29, 1.82) is 0 Å². The summed E-state index contributed by atoms with van der Waals surface area (Å²) in [4.78, 5) is 43.3. The number of anilines is 1. The van der Waals surface area contributed by atoms with Crippen LogP contribution in [0.25, 0.3) is 11.0 Å². The Morgan fingerprint density at radius 1 is 1.10 bits per heavy atom. The lowest BCUT2D eigenvalue weighted by atomic mass is 9.97. The molecule has 9 nitrogen and oxygen atoms in total. The molecule has 162 valence electrons. The average molecular weight is 414 g/mol. The van der Waals surface area contributed by atoms with Crippen LogP contribution < -0.4 is 20.6 Å². The van der Waals surface area contributed by atoms with Crippen LogP contribution in [-0.4, -0.2) is 46.1 Å². The van der Waals surface area contributed by atoms with Gasteiger partial charge < -0.3 is 25.1 Å². The lowest BCUT2D eigenvalue weighted by Crippen LogP contribution is -2.59. The molecule has 1 aromatic heterocycles. The minimum absolute atomic E-state index is 0.190. The number of fused-ring (bicyclic) bond motifs is 3. The van der Waals surface area contributed by atoms with Gasteiger partial charge in [0.15, 0.2) is 0 Å². The Morgan fingerprint density at radius 2 is 1.80 bits per heavy atom. The van der Waals surface area contributed by atoms with Crippen LogP contribution in [0.5, 0.6) is 0 Å². The molecule has 0 spiro atoms. The normalized spacial score (nSPS) is 16.2. The number of amides is 3. The summed E-state index contributed by atoms with van der Waals surface area (Å²) in [6.45, 7) is 8.18.